The lowest BCUT2D eigenvalue weighted by molar-refractivity contribution is -0.142. The van der Waals surface area contributed by atoms with E-state index in [9.17, 15) is 13.2 Å². The minimum Gasteiger partial charge on any atom is -0.466 e. The van der Waals surface area contributed by atoms with Gasteiger partial charge in [-0.25, -0.2) is 13.1 Å². The van der Waals surface area contributed by atoms with Gasteiger partial charge in [0.05, 0.1) is 17.9 Å². The first kappa shape index (κ1) is 17.5. The van der Waals surface area contributed by atoms with Crippen molar-refractivity contribution in [1.82, 2.24) is 4.72 Å². The molecular formula is C14H22N2O4S. The van der Waals surface area contributed by atoms with Gasteiger partial charge in [0.1, 0.15) is 0 Å². The van der Waals surface area contributed by atoms with E-state index in [0.717, 1.165) is 5.56 Å². The highest BCUT2D eigenvalue weighted by molar-refractivity contribution is 7.89. The van der Waals surface area contributed by atoms with Crippen LogP contribution in [0.2, 0.25) is 0 Å². The van der Waals surface area contributed by atoms with Gasteiger partial charge in [0.15, 0.2) is 0 Å². The van der Waals surface area contributed by atoms with Gasteiger partial charge in [-0.05, 0) is 50.5 Å². The van der Waals surface area contributed by atoms with Gasteiger partial charge in [0.2, 0.25) is 10.0 Å². The maximum absolute atomic E-state index is 12.4. The molecule has 118 valence electrons. The molecule has 1 aromatic rings. The molecular weight excluding hydrogens is 292 g/mol. The molecule has 0 unspecified atom stereocenters. The van der Waals surface area contributed by atoms with Crippen LogP contribution in [-0.2, 0) is 19.6 Å². The fourth-order valence-electron chi connectivity index (χ4n) is 2.04. The van der Waals surface area contributed by atoms with Gasteiger partial charge in [-0.1, -0.05) is 0 Å². The topological polar surface area (TPSA) is 98.5 Å². The molecule has 0 saturated carbocycles. The molecule has 1 aromatic carbocycles. The van der Waals surface area contributed by atoms with E-state index in [0.29, 0.717) is 16.8 Å². The summed E-state index contributed by atoms with van der Waals surface area (Å²) in [5.41, 5.74) is 8.25. The van der Waals surface area contributed by atoms with Crippen LogP contribution in [0, 0.1) is 20.8 Å². The molecule has 6 nitrogen and oxygen atoms in total. The van der Waals surface area contributed by atoms with Crippen LogP contribution in [0.1, 0.15) is 30.0 Å². The van der Waals surface area contributed by atoms with Gasteiger partial charge in [-0.2, -0.15) is 0 Å². The van der Waals surface area contributed by atoms with Crippen molar-refractivity contribution in [3.05, 3.63) is 22.8 Å². The molecule has 1 rings (SSSR count). The second kappa shape index (κ2) is 6.91. The Balaban J connectivity index is 2.97. The number of hydrogen-bond acceptors (Lipinski definition) is 5. The van der Waals surface area contributed by atoms with Gasteiger partial charge in [0.25, 0.3) is 0 Å². The lowest BCUT2D eigenvalue weighted by Gasteiger charge is -2.15. The summed E-state index contributed by atoms with van der Waals surface area (Å²) in [6, 6.07) is 1.75. The highest BCUT2D eigenvalue weighted by Crippen LogP contribution is 2.27. The van der Waals surface area contributed by atoms with E-state index in [1.807, 2.05) is 6.92 Å². The smallest absolute Gasteiger partial charge is 0.307 e. The first-order valence-electron chi connectivity index (χ1n) is 6.72. The van der Waals surface area contributed by atoms with Crippen LogP contribution in [0.4, 0.5) is 5.69 Å². The number of sulfonamides is 1. The van der Waals surface area contributed by atoms with E-state index in [-0.39, 0.29) is 24.5 Å². The van der Waals surface area contributed by atoms with Gasteiger partial charge in [0, 0.05) is 12.2 Å². The average Bonchev–Trinajstić information content (AvgIpc) is 2.36. The molecule has 0 bridgehead atoms. The Hall–Kier alpha value is -1.60. The van der Waals surface area contributed by atoms with E-state index in [1.54, 1.807) is 26.8 Å². The average molecular weight is 314 g/mol. The minimum atomic E-state index is -3.72. The highest BCUT2D eigenvalue weighted by atomic mass is 32.2. The summed E-state index contributed by atoms with van der Waals surface area (Å²) in [5.74, 6) is -0.433. The number of nitrogens with two attached hydrogens (primary N) is 1. The zero-order chi connectivity index (χ0) is 16.2. The van der Waals surface area contributed by atoms with Crippen LogP contribution in [0.5, 0.6) is 0 Å². The van der Waals surface area contributed by atoms with Gasteiger partial charge in [-0.15, -0.1) is 0 Å². The van der Waals surface area contributed by atoms with Crippen LogP contribution in [0.25, 0.3) is 0 Å². The number of esters is 1. The van der Waals surface area contributed by atoms with Gasteiger partial charge >= 0.3 is 5.97 Å². The lowest BCUT2D eigenvalue weighted by Crippen LogP contribution is -2.28. The molecule has 0 atom stereocenters. The number of hydrogen-bond donors (Lipinski definition) is 2. The summed E-state index contributed by atoms with van der Waals surface area (Å²) in [6.45, 7) is 7.18. The molecule has 7 heteroatoms. The van der Waals surface area contributed by atoms with Crippen molar-refractivity contribution >= 4 is 21.7 Å². The molecule has 0 saturated heterocycles. The third kappa shape index (κ3) is 4.18. The molecule has 0 aromatic heterocycles. The second-order valence-electron chi connectivity index (χ2n) is 4.81. The molecule has 0 aliphatic rings. The maximum atomic E-state index is 12.4. The van der Waals surface area contributed by atoms with E-state index in [4.69, 9.17) is 10.5 Å². The number of aryl methyl sites for hydroxylation is 1. The van der Waals surface area contributed by atoms with Crippen molar-refractivity contribution in [2.75, 3.05) is 18.9 Å². The summed E-state index contributed by atoms with van der Waals surface area (Å²) in [4.78, 5) is 11.4. The Kier molecular flexibility index (Phi) is 5.74. The summed E-state index contributed by atoms with van der Waals surface area (Å²) in [6.07, 6.45) is -0.00748. The van der Waals surface area contributed by atoms with Crippen LogP contribution in [0.15, 0.2) is 11.0 Å². The van der Waals surface area contributed by atoms with E-state index >= 15 is 0 Å². The minimum absolute atomic E-state index is 0.00606. The van der Waals surface area contributed by atoms with Crippen LogP contribution in [-0.4, -0.2) is 27.5 Å². The zero-order valence-corrected chi connectivity index (χ0v) is 13.6. The molecule has 0 fully saturated rings. The van der Waals surface area contributed by atoms with Crippen molar-refractivity contribution in [2.45, 2.75) is 39.0 Å². The number of nitrogen functional groups attached to an aromatic ring is 1. The Labute approximate surface area is 125 Å². The Morgan fingerprint density at radius 3 is 2.48 bits per heavy atom. The number of benzene rings is 1. The molecule has 0 radical (unpaired) electrons. The van der Waals surface area contributed by atoms with E-state index in [2.05, 4.69) is 4.72 Å². The molecule has 0 spiro atoms. The summed E-state index contributed by atoms with van der Waals surface area (Å²) in [7, 11) is -3.72. The number of rotatable bonds is 6. The van der Waals surface area contributed by atoms with Crippen molar-refractivity contribution in [2.24, 2.45) is 0 Å². The predicted octanol–water partition coefficient (Wildman–Crippen LogP) is 1.43. The number of carbonyl (C=O) groups is 1. The van der Waals surface area contributed by atoms with E-state index < -0.39 is 16.0 Å². The number of carbonyl (C=O) groups excluding carboxylic acids is 1. The number of ether oxygens (including phenoxy) is 1. The van der Waals surface area contributed by atoms with E-state index in [1.165, 1.54) is 0 Å². The van der Waals surface area contributed by atoms with Crippen LogP contribution >= 0.6 is 0 Å². The Morgan fingerprint density at radius 2 is 1.90 bits per heavy atom. The summed E-state index contributed by atoms with van der Waals surface area (Å²) < 4.78 is 32.0. The first-order chi connectivity index (χ1) is 9.70. The third-order valence-electron chi connectivity index (χ3n) is 3.27. The Bertz CT molecular complexity index is 613. The highest BCUT2D eigenvalue weighted by Gasteiger charge is 2.22. The lowest BCUT2D eigenvalue weighted by atomic mass is 10.1. The van der Waals surface area contributed by atoms with Crippen molar-refractivity contribution in [1.29, 1.82) is 0 Å². The molecule has 3 N–H and O–H groups in total. The quantitative estimate of drug-likeness (QED) is 0.611. The van der Waals surface area contributed by atoms with Crippen molar-refractivity contribution < 1.29 is 17.9 Å². The summed E-state index contributed by atoms with van der Waals surface area (Å²) >= 11 is 0. The maximum Gasteiger partial charge on any atom is 0.307 e. The zero-order valence-electron chi connectivity index (χ0n) is 12.8. The number of nitrogens with one attached hydrogen (secondary N) is 1. The third-order valence-corrected chi connectivity index (χ3v) is 5.01. The monoisotopic (exact) mass is 314 g/mol. The normalized spacial score (nSPS) is 11.4. The summed E-state index contributed by atoms with van der Waals surface area (Å²) in [5, 5.41) is 0. The molecule has 0 aliphatic carbocycles. The molecule has 0 amide bonds. The molecule has 21 heavy (non-hydrogen) atoms. The predicted molar refractivity (Wildman–Crippen MR) is 81.5 cm³/mol. The van der Waals surface area contributed by atoms with Crippen LogP contribution in [0.3, 0.4) is 0 Å². The van der Waals surface area contributed by atoms with Crippen molar-refractivity contribution in [3.8, 4) is 0 Å². The molecule has 0 aliphatic heterocycles. The van der Waals surface area contributed by atoms with Gasteiger partial charge < -0.3 is 10.5 Å². The SMILES string of the molecule is CCOC(=O)CCNS(=O)(=O)c1c(C)c(C)cc(N)c1C. The molecule has 0 heterocycles. The van der Waals surface area contributed by atoms with Gasteiger partial charge in [-0.3, -0.25) is 4.79 Å². The van der Waals surface area contributed by atoms with Crippen molar-refractivity contribution in [3.63, 3.8) is 0 Å². The largest absolute Gasteiger partial charge is 0.466 e. The Morgan fingerprint density at radius 1 is 1.29 bits per heavy atom. The van der Waals surface area contributed by atoms with Crippen LogP contribution < -0.4 is 10.5 Å². The fraction of sp³-hybridized carbons (Fsp3) is 0.500. The second-order valence-corrected chi connectivity index (χ2v) is 6.52. The number of anilines is 1. The fourth-order valence-corrected chi connectivity index (χ4v) is 3.64. The first-order valence-corrected chi connectivity index (χ1v) is 8.20. The standard InChI is InChI=1S/C14H22N2O4S/c1-5-20-13(17)6-7-16-21(18,19)14-10(3)9(2)8-12(15)11(14)4/h8,16H,5-7,15H2,1-4H3.